The molecule has 0 unspecified atom stereocenters. The molecule has 166 valence electrons. The number of aromatic nitrogens is 1. The van der Waals surface area contributed by atoms with E-state index in [1.165, 1.54) is 4.90 Å². The summed E-state index contributed by atoms with van der Waals surface area (Å²) in [5, 5.41) is 0. The van der Waals surface area contributed by atoms with E-state index < -0.39 is 36.2 Å². The number of benzene rings is 1. The van der Waals surface area contributed by atoms with Crippen LogP contribution in [0.2, 0.25) is 0 Å². The minimum absolute atomic E-state index is 0.178. The molecule has 1 aromatic heterocycles. The van der Waals surface area contributed by atoms with Crippen LogP contribution in [0.25, 0.3) is 0 Å². The van der Waals surface area contributed by atoms with E-state index in [1.807, 2.05) is 0 Å². The van der Waals surface area contributed by atoms with Crippen LogP contribution in [-0.2, 0) is 17.5 Å². The zero-order chi connectivity index (χ0) is 22.5. The molecular formula is C21H20BrF4N3O2. The molecule has 0 saturated carbocycles. The quantitative estimate of drug-likeness (QED) is 0.525. The summed E-state index contributed by atoms with van der Waals surface area (Å²) in [6, 6.07) is 4.99. The molecule has 2 fully saturated rings. The maximum Gasteiger partial charge on any atom is 0.416 e. The lowest BCUT2D eigenvalue weighted by molar-refractivity contribution is -0.137. The molecule has 1 amide bonds. The second kappa shape index (κ2) is 7.96. The number of pyridine rings is 1. The minimum atomic E-state index is -4.49. The fraction of sp³-hybridized carbons (Fsp3) is 0.429. The number of alkyl halides is 4. The van der Waals surface area contributed by atoms with Gasteiger partial charge in [-0.05, 0) is 59.1 Å². The molecule has 0 radical (unpaired) electrons. The van der Waals surface area contributed by atoms with E-state index in [0.717, 1.165) is 17.7 Å². The molecular weight excluding hydrogens is 482 g/mol. The first-order valence-electron chi connectivity index (χ1n) is 9.72. The van der Waals surface area contributed by atoms with Crippen molar-refractivity contribution in [3.63, 3.8) is 0 Å². The third kappa shape index (κ3) is 4.35. The Bertz CT molecular complexity index is 1010. The molecule has 3 heterocycles. The van der Waals surface area contributed by atoms with Crippen molar-refractivity contribution in [3.8, 4) is 0 Å². The molecule has 2 aliphatic rings. The average molecular weight is 502 g/mol. The zero-order valence-corrected chi connectivity index (χ0v) is 18.4. The predicted octanol–water partition coefficient (Wildman–Crippen LogP) is 5.41. The normalized spacial score (nSPS) is 22.0. The first kappa shape index (κ1) is 21.9. The number of cyclic esters (lactones) is 1. The summed E-state index contributed by atoms with van der Waals surface area (Å²) >= 11 is 3.42. The molecule has 1 aromatic carbocycles. The van der Waals surface area contributed by atoms with Crippen LogP contribution in [0.3, 0.4) is 0 Å². The number of amides is 1. The van der Waals surface area contributed by atoms with Gasteiger partial charge in [-0.25, -0.2) is 14.2 Å². The van der Waals surface area contributed by atoms with Gasteiger partial charge in [-0.2, -0.15) is 13.2 Å². The molecule has 2 atom stereocenters. The molecule has 4 rings (SSSR count). The van der Waals surface area contributed by atoms with Crippen molar-refractivity contribution in [1.29, 1.82) is 0 Å². The molecule has 0 spiro atoms. The Labute approximate surface area is 185 Å². The van der Waals surface area contributed by atoms with Crippen molar-refractivity contribution >= 4 is 27.8 Å². The number of rotatable bonds is 4. The van der Waals surface area contributed by atoms with E-state index in [9.17, 15) is 22.4 Å². The Morgan fingerprint density at radius 3 is 2.58 bits per heavy atom. The number of anilines is 1. The topological polar surface area (TPSA) is 45.7 Å². The maximum absolute atomic E-state index is 13.2. The summed E-state index contributed by atoms with van der Waals surface area (Å²) < 4.78 is 59.0. The van der Waals surface area contributed by atoms with Crippen molar-refractivity contribution in [1.82, 2.24) is 9.88 Å². The Kier molecular flexibility index (Phi) is 5.61. The van der Waals surface area contributed by atoms with E-state index in [4.69, 9.17) is 4.74 Å². The zero-order valence-electron chi connectivity index (χ0n) is 16.8. The van der Waals surface area contributed by atoms with E-state index >= 15 is 0 Å². The SMILES string of the molecule is Cc1cc([C@H]2OC(=O)N(Cc3cc(N4CC(F)C4)ncc3Br)[C@H]2C)cc(C(F)(F)F)c1. The lowest BCUT2D eigenvalue weighted by atomic mass is 9.98. The van der Waals surface area contributed by atoms with Crippen LogP contribution < -0.4 is 4.90 Å². The average Bonchev–Trinajstić information content (AvgIpc) is 2.94. The molecule has 5 nitrogen and oxygen atoms in total. The van der Waals surface area contributed by atoms with Crippen molar-refractivity contribution in [3.05, 3.63) is 57.2 Å². The molecule has 0 bridgehead atoms. The van der Waals surface area contributed by atoms with Crippen LogP contribution in [0.5, 0.6) is 0 Å². The Hall–Kier alpha value is -2.36. The van der Waals surface area contributed by atoms with Crippen LogP contribution >= 0.6 is 15.9 Å². The number of aryl methyl sites for hydroxylation is 1. The fourth-order valence-corrected chi connectivity index (χ4v) is 4.20. The lowest BCUT2D eigenvalue weighted by Crippen LogP contribution is -2.48. The Morgan fingerprint density at radius 2 is 1.94 bits per heavy atom. The highest BCUT2D eigenvalue weighted by atomic mass is 79.9. The maximum atomic E-state index is 13.2. The molecule has 2 aromatic rings. The van der Waals surface area contributed by atoms with E-state index in [2.05, 4.69) is 20.9 Å². The first-order valence-corrected chi connectivity index (χ1v) is 10.5. The fourth-order valence-electron chi connectivity index (χ4n) is 3.86. The molecule has 0 aliphatic carbocycles. The monoisotopic (exact) mass is 501 g/mol. The smallest absolute Gasteiger partial charge is 0.416 e. The molecule has 0 N–H and O–H groups in total. The summed E-state index contributed by atoms with van der Waals surface area (Å²) in [6.07, 6.45) is -5.20. The van der Waals surface area contributed by atoms with Crippen LogP contribution in [0.4, 0.5) is 28.2 Å². The number of hydrogen-bond acceptors (Lipinski definition) is 4. The van der Waals surface area contributed by atoms with E-state index in [-0.39, 0.29) is 19.6 Å². The Morgan fingerprint density at radius 1 is 1.23 bits per heavy atom. The van der Waals surface area contributed by atoms with Gasteiger partial charge in [0.25, 0.3) is 0 Å². The summed E-state index contributed by atoms with van der Waals surface area (Å²) in [4.78, 5) is 20.1. The highest BCUT2D eigenvalue weighted by Gasteiger charge is 2.41. The number of nitrogens with zero attached hydrogens (tertiary/aromatic N) is 3. The minimum Gasteiger partial charge on any atom is -0.439 e. The second-order valence-electron chi connectivity index (χ2n) is 7.94. The van der Waals surface area contributed by atoms with Crippen LogP contribution in [0.1, 0.15) is 35.3 Å². The van der Waals surface area contributed by atoms with Crippen molar-refractivity contribution < 1.29 is 27.1 Å². The van der Waals surface area contributed by atoms with Gasteiger partial charge in [0, 0.05) is 10.7 Å². The van der Waals surface area contributed by atoms with Gasteiger partial charge in [-0.1, -0.05) is 11.6 Å². The van der Waals surface area contributed by atoms with Gasteiger partial charge in [-0.3, -0.25) is 4.90 Å². The summed E-state index contributed by atoms with van der Waals surface area (Å²) in [5.41, 5.74) is 0.719. The van der Waals surface area contributed by atoms with Gasteiger partial charge in [0.1, 0.15) is 18.1 Å². The molecule has 10 heteroatoms. The van der Waals surface area contributed by atoms with Gasteiger partial charge in [0.2, 0.25) is 0 Å². The number of hydrogen-bond donors (Lipinski definition) is 0. The number of halogens is 5. The molecule has 2 saturated heterocycles. The predicted molar refractivity (Wildman–Crippen MR) is 109 cm³/mol. The van der Waals surface area contributed by atoms with Gasteiger partial charge >= 0.3 is 12.3 Å². The second-order valence-corrected chi connectivity index (χ2v) is 8.79. The molecule has 2 aliphatic heterocycles. The lowest BCUT2D eigenvalue weighted by Gasteiger charge is -2.35. The van der Waals surface area contributed by atoms with Crippen molar-refractivity contribution in [2.45, 2.75) is 44.9 Å². The Balaban J connectivity index is 1.57. The van der Waals surface area contributed by atoms with E-state index in [0.29, 0.717) is 21.4 Å². The van der Waals surface area contributed by atoms with Crippen molar-refractivity contribution in [2.75, 3.05) is 18.0 Å². The van der Waals surface area contributed by atoms with E-state index in [1.54, 1.807) is 37.1 Å². The van der Waals surface area contributed by atoms with Crippen LogP contribution in [0.15, 0.2) is 34.9 Å². The molecule has 31 heavy (non-hydrogen) atoms. The van der Waals surface area contributed by atoms with Gasteiger partial charge < -0.3 is 9.64 Å². The third-order valence-electron chi connectivity index (χ3n) is 5.57. The number of carbonyl (C=O) groups excluding carboxylic acids is 1. The van der Waals surface area contributed by atoms with Gasteiger partial charge in [0.15, 0.2) is 0 Å². The summed E-state index contributed by atoms with van der Waals surface area (Å²) in [6.45, 7) is 4.04. The van der Waals surface area contributed by atoms with Crippen LogP contribution in [-0.4, -0.2) is 41.3 Å². The van der Waals surface area contributed by atoms with Crippen LogP contribution in [0, 0.1) is 6.92 Å². The number of ether oxygens (including phenoxy) is 1. The summed E-state index contributed by atoms with van der Waals surface area (Å²) in [5.74, 6) is 0.609. The number of carbonyl (C=O) groups is 1. The standard InChI is InChI=1S/C21H20BrF4N3O2/c1-11-3-13(5-15(4-11)21(24,25)26)19-12(2)29(20(30)31-19)8-14-6-18(27-7-17(14)22)28-9-16(23)10-28/h3-7,12,16,19H,8-10H2,1-2H3/t12-,19-/m0/s1. The third-order valence-corrected chi connectivity index (χ3v) is 6.28. The first-order chi connectivity index (χ1) is 14.5. The van der Waals surface area contributed by atoms with Crippen molar-refractivity contribution in [2.24, 2.45) is 0 Å². The highest BCUT2D eigenvalue weighted by Crippen LogP contribution is 2.38. The van der Waals surface area contributed by atoms with Gasteiger partial charge in [-0.15, -0.1) is 0 Å². The largest absolute Gasteiger partial charge is 0.439 e. The summed E-state index contributed by atoms with van der Waals surface area (Å²) in [7, 11) is 0. The highest BCUT2D eigenvalue weighted by molar-refractivity contribution is 9.10. The van der Waals surface area contributed by atoms with Gasteiger partial charge in [0.05, 0.1) is 31.2 Å².